The minimum Gasteiger partial charge on any atom is -0.481 e. The van der Waals surface area contributed by atoms with Crippen LogP contribution in [0.4, 0.5) is 4.79 Å². The first-order valence-electron chi connectivity index (χ1n) is 10.7. The van der Waals surface area contributed by atoms with Crippen LogP contribution < -0.4 is 5.32 Å². The zero-order chi connectivity index (χ0) is 22.7. The average molecular weight is 438 g/mol. The maximum atomic E-state index is 12.5. The van der Waals surface area contributed by atoms with Gasteiger partial charge in [0.2, 0.25) is 5.91 Å². The monoisotopic (exact) mass is 438 g/mol. The number of carboxylic acid groups (broad SMARTS) is 1. The van der Waals surface area contributed by atoms with Crippen LogP contribution in [-0.4, -0.2) is 66.9 Å². The highest BCUT2D eigenvalue weighted by molar-refractivity contribution is 5.84. The van der Waals surface area contributed by atoms with E-state index in [-0.39, 0.29) is 38.1 Å². The quantitative estimate of drug-likeness (QED) is 0.688. The van der Waals surface area contributed by atoms with Crippen molar-refractivity contribution in [2.45, 2.75) is 18.9 Å². The molecule has 1 aliphatic heterocycles. The number of aliphatic carboxylic acids is 1. The van der Waals surface area contributed by atoms with E-state index < -0.39 is 24.1 Å². The van der Waals surface area contributed by atoms with Crippen molar-refractivity contribution in [3.05, 3.63) is 59.7 Å². The fourth-order valence-corrected chi connectivity index (χ4v) is 4.51. The Morgan fingerprint density at radius 2 is 1.66 bits per heavy atom. The van der Waals surface area contributed by atoms with Gasteiger partial charge in [0, 0.05) is 25.6 Å². The van der Waals surface area contributed by atoms with Crippen LogP contribution in [0.15, 0.2) is 48.5 Å². The number of hydrogen-bond acceptors (Lipinski definition) is 5. The molecule has 1 heterocycles. The second-order valence-electron chi connectivity index (χ2n) is 7.92. The molecule has 1 aliphatic carbocycles. The largest absolute Gasteiger partial charge is 0.481 e. The Kier molecular flexibility index (Phi) is 6.41. The van der Waals surface area contributed by atoms with Crippen LogP contribution in [0.3, 0.4) is 0 Å². The molecule has 1 saturated heterocycles. The Hall–Kier alpha value is -3.39. The average Bonchev–Trinajstić information content (AvgIpc) is 3.36. The zero-order valence-corrected chi connectivity index (χ0v) is 17.8. The van der Waals surface area contributed by atoms with Gasteiger partial charge in [0.05, 0.1) is 6.10 Å². The predicted molar refractivity (Wildman–Crippen MR) is 116 cm³/mol. The number of carbonyl (C=O) groups excluding carboxylic acids is 2. The van der Waals surface area contributed by atoms with Crippen molar-refractivity contribution in [3.8, 4) is 11.1 Å². The summed E-state index contributed by atoms with van der Waals surface area (Å²) < 4.78 is 10.9. The molecule has 0 radical (unpaired) electrons. The highest BCUT2D eigenvalue weighted by Crippen LogP contribution is 2.44. The van der Waals surface area contributed by atoms with Crippen molar-refractivity contribution < 1.29 is 29.0 Å². The molecule has 2 aromatic rings. The van der Waals surface area contributed by atoms with Gasteiger partial charge in [0.15, 0.2) is 0 Å². The minimum absolute atomic E-state index is 0.0607. The van der Waals surface area contributed by atoms with E-state index in [0.717, 1.165) is 22.3 Å². The lowest BCUT2D eigenvalue weighted by molar-refractivity contribution is -0.145. The number of benzene rings is 2. The van der Waals surface area contributed by atoms with Crippen LogP contribution in [0, 0.1) is 5.92 Å². The smallest absolute Gasteiger partial charge is 0.407 e. The number of hydrogen-bond donors (Lipinski definition) is 2. The zero-order valence-electron chi connectivity index (χ0n) is 17.8. The number of carbonyl (C=O) groups is 3. The van der Waals surface area contributed by atoms with Gasteiger partial charge in [-0.05, 0) is 29.2 Å². The van der Waals surface area contributed by atoms with Gasteiger partial charge in [-0.1, -0.05) is 48.5 Å². The number of nitrogens with one attached hydrogen (secondary N) is 1. The molecule has 4 rings (SSSR count). The Morgan fingerprint density at radius 1 is 1.03 bits per heavy atom. The Morgan fingerprint density at radius 3 is 2.25 bits per heavy atom. The Labute approximate surface area is 186 Å². The molecule has 168 valence electrons. The molecule has 32 heavy (non-hydrogen) atoms. The standard InChI is InChI=1S/C24H26N2O6/c1-2-31-21-13-26(12-19(21)23(28)29)22(27)11-25-24(30)32-14-20-17-9-5-3-7-15(17)16-8-4-6-10-18(16)20/h3-10,19-21H,2,11-14H2,1H3,(H,25,30)(H,28,29). The van der Waals surface area contributed by atoms with Gasteiger partial charge in [-0.25, -0.2) is 4.79 Å². The molecule has 1 fully saturated rings. The summed E-state index contributed by atoms with van der Waals surface area (Å²) in [7, 11) is 0. The van der Waals surface area contributed by atoms with Crippen molar-refractivity contribution >= 4 is 18.0 Å². The van der Waals surface area contributed by atoms with Crippen LogP contribution in [0.1, 0.15) is 24.0 Å². The molecule has 8 heteroatoms. The summed E-state index contributed by atoms with van der Waals surface area (Å²) in [6.45, 7) is 2.30. The van der Waals surface area contributed by atoms with Crippen molar-refractivity contribution in [2.75, 3.05) is 32.8 Å². The first-order valence-corrected chi connectivity index (χ1v) is 10.7. The SMILES string of the molecule is CCOC1CN(C(=O)CNC(=O)OCC2c3ccccc3-c3ccccc32)CC1C(=O)O. The maximum absolute atomic E-state index is 12.5. The van der Waals surface area contributed by atoms with Crippen LogP contribution in [-0.2, 0) is 19.1 Å². The van der Waals surface area contributed by atoms with E-state index in [0.29, 0.717) is 6.61 Å². The van der Waals surface area contributed by atoms with E-state index in [1.165, 1.54) is 4.90 Å². The third-order valence-corrected chi connectivity index (χ3v) is 6.04. The molecule has 0 spiro atoms. The second-order valence-corrected chi connectivity index (χ2v) is 7.92. The van der Waals surface area contributed by atoms with Crippen LogP contribution in [0.25, 0.3) is 11.1 Å². The van der Waals surface area contributed by atoms with Gasteiger partial charge in [-0.15, -0.1) is 0 Å². The van der Waals surface area contributed by atoms with Gasteiger partial charge >= 0.3 is 12.1 Å². The summed E-state index contributed by atoms with van der Waals surface area (Å²) in [4.78, 5) is 37.5. The molecule has 2 aliphatic rings. The molecule has 2 atom stereocenters. The highest BCUT2D eigenvalue weighted by atomic mass is 16.5. The van der Waals surface area contributed by atoms with Crippen LogP contribution in [0.2, 0.25) is 0 Å². The number of likely N-dealkylation sites (tertiary alicyclic amines) is 1. The molecular weight excluding hydrogens is 412 g/mol. The lowest BCUT2D eigenvalue weighted by Gasteiger charge is -2.17. The number of rotatable bonds is 7. The van der Waals surface area contributed by atoms with E-state index in [2.05, 4.69) is 17.4 Å². The van der Waals surface area contributed by atoms with E-state index in [4.69, 9.17) is 9.47 Å². The molecular formula is C24H26N2O6. The van der Waals surface area contributed by atoms with E-state index >= 15 is 0 Å². The van der Waals surface area contributed by atoms with Crippen molar-refractivity contribution in [1.82, 2.24) is 10.2 Å². The summed E-state index contributed by atoms with van der Waals surface area (Å²) in [6, 6.07) is 16.1. The van der Waals surface area contributed by atoms with Gasteiger partial charge in [0.25, 0.3) is 0 Å². The number of carboxylic acids is 1. The number of alkyl carbamates (subject to hydrolysis) is 1. The Bertz CT molecular complexity index is 978. The van der Waals surface area contributed by atoms with Crippen LogP contribution >= 0.6 is 0 Å². The second kappa shape index (κ2) is 9.40. The molecule has 0 aromatic heterocycles. The molecule has 2 N–H and O–H groups in total. The summed E-state index contributed by atoms with van der Waals surface area (Å²) in [5.74, 6) is -2.20. The lowest BCUT2D eigenvalue weighted by Crippen LogP contribution is -2.40. The topological polar surface area (TPSA) is 105 Å². The number of amides is 2. The van der Waals surface area contributed by atoms with E-state index in [9.17, 15) is 19.5 Å². The van der Waals surface area contributed by atoms with Gasteiger partial charge < -0.3 is 24.8 Å². The van der Waals surface area contributed by atoms with Crippen LogP contribution in [0.5, 0.6) is 0 Å². The maximum Gasteiger partial charge on any atom is 0.407 e. The third-order valence-electron chi connectivity index (χ3n) is 6.04. The number of nitrogens with zero attached hydrogens (tertiary/aromatic N) is 1. The van der Waals surface area contributed by atoms with E-state index in [1.54, 1.807) is 6.92 Å². The minimum atomic E-state index is -0.997. The summed E-state index contributed by atoms with van der Waals surface area (Å²) >= 11 is 0. The van der Waals surface area contributed by atoms with Gasteiger partial charge in [-0.2, -0.15) is 0 Å². The summed E-state index contributed by atoms with van der Waals surface area (Å²) in [5, 5.41) is 11.8. The van der Waals surface area contributed by atoms with Gasteiger partial charge in [0.1, 0.15) is 19.1 Å². The van der Waals surface area contributed by atoms with Crippen molar-refractivity contribution in [2.24, 2.45) is 5.92 Å². The first-order chi connectivity index (χ1) is 15.5. The summed E-state index contributed by atoms with van der Waals surface area (Å²) in [6.07, 6.45) is -1.23. The van der Waals surface area contributed by atoms with E-state index in [1.807, 2.05) is 36.4 Å². The molecule has 8 nitrogen and oxygen atoms in total. The number of ether oxygens (including phenoxy) is 2. The molecule has 2 amide bonds. The third kappa shape index (κ3) is 4.31. The van der Waals surface area contributed by atoms with Gasteiger partial charge in [-0.3, -0.25) is 9.59 Å². The lowest BCUT2D eigenvalue weighted by atomic mass is 9.98. The molecule has 2 unspecified atom stereocenters. The fraction of sp³-hybridized carbons (Fsp3) is 0.375. The fourth-order valence-electron chi connectivity index (χ4n) is 4.51. The summed E-state index contributed by atoms with van der Waals surface area (Å²) in [5.41, 5.74) is 4.49. The molecule has 0 saturated carbocycles. The van der Waals surface area contributed by atoms with Crippen molar-refractivity contribution in [3.63, 3.8) is 0 Å². The Balaban J connectivity index is 1.31. The molecule has 2 aromatic carbocycles. The first kappa shape index (κ1) is 21.8. The number of fused-ring (bicyclic) bond motifs is 3. The normalized spacial score (nSPS) is 19.3. The predicted octanol–water partition coefficient (Wildman–Crippen LogP) is 2.47. The van der Waals surface area contributed by atoms with Crippen molar-refractivity contribution in [1.29, 1.82) is 0 Å². The highest BCUT2D eigenvalue weighted by Gasteiger charge is 2.40. The molecule has 0 bridgehead atoms.